The first-order chi connectivity index (χ1) is 28.2. The minimum atomic E-state index is -0.872. The van der Waals surface area contributed by atoms with Crippen LogP contribution >= 0.6 is 0 Å². The number of benzene rings is 6. The molecule has 12 heteroatoms. The van der Waals surface area contributed by atoms with E-state index in [0.29, 0.717) is 21.5 Å². The van der Waals surface area contributed by atoms with Crippen molar-refractivity contribution in [2.75, 3.05) is 10.6 Å². The predicted octanol–water partition coefficient (Wildman–Crippen LogP) is 11.3. The van der Waals surface area contributed by atoms with E-state index >= 15 is 0 Å². The Kier molecular flexibility index (Phi) is 17.8. The number of imide groups is 2. The fraction of sp³-hybridized carbons (Fsp3) is 0.261. The van der Waals surface area contributed by atoms with Crippen LogP contribution < -0.4 is 10.6 Å². The van der Waals surface area contributed by atoms with Crippen LogP contribution in [0.3, 0.4) is 0 Å². The van der Waals surface area contributed by atoms with E-state index in [4.69, 9.17) is 9.68 Å². The summed E-state index contributed by atoms with van der Waals surface area (Å²) < 4.78 is 0. The van der Waals surface area contributed by atoms with Crippen molar-refractivity contribution in [1.29, 1.82) is 0 Å². The monoisotopic (exact) mass is 788 g/mol. The van der Waals surface area contributed by atoms with Gasteiger partial charge in [-0.05, 0) is 80.2 Å². The fourth-order valence-corrected chi connectivity index (χ4v) is 5.85. The quantitative estimate of drug-likeness (QED) is 0.132. The number of hydroxylamine groups is 4. The van der Waals surface area contributed by atoms with Gasteiger partial charge in [0.25, 0.3) is 23.6 Å². The molecule has 2 aliphatic heterocycles. The predicted molar refractivity (Wildman–Crippen MR) is 231 cm³/mol. The molecule has 58 heavy (non-hydrogen) atoms. The lowest BCUT2D eigenvalue weighted by molar-refractivity contribution is -0.171. The SMILES string of the molecule is CC.CC.CC.CC.O=C(Nc1ccc2cc3ccccc3cc2c1)ON1C(=O)CCC1=O.O=C(Nc1cccc2cc3ccccc3cc12)ON1C(=O)CCC1=O. The molecule has 12 nitrogen and oxygen atoms in total. The summed E-state index contributed by atoms with van der Waals surface area (Å²) in [6.45, 7) is 16.0. The normalized spacial score (nSPS) is 12.8. The van der Waals surface area contributed by atoms with Gasteiger partial charge in [-0.15, -0.1) is 10.1 Å². The van der Waals surface area contributed by atoms with E-state index in [1.54, 1.807) is 12.1 Å². The zero-order valence-electron chi connectivity index (χ0n) is 34.4. The van der Waals surface area contributed by atoms with Gasteiger partial charge in [0.2, 0.25) is 0 Å². The Morgan fingerprint density at radius 1 is 0.431 bits per heavy atom. The second-order valence-electron chi connectivity index (χ2n) is 11.7. The molecule has 6 amide bonds. The van der Waals surface area contributed by atoms with Crippen LogP contribution in [0.4, 0.5) is 21.0 Å². The zero-order valence-corrected chi connectivity index (χ0v) is 34.4. The van der Waals surface area contributed by atoms with E-state index in [0.717, 1.165) is 43.1 Å². The Balaban J connectivity index is 0.000000265. The number of fused-ring (bicyclic) bond motifs is 4. The lowest BCUT2D eigenvalue weighted by Crippen LogP contribution is -2.33. The van der Waals surface area contributed by atoms with Gasteiger partial charge in [-0.1, -0.05) is 122 Å². The minimum Gasteiger partial charge on any atom is -0.311 e. The summed E-state index contributed by atoms with van der Waals surface area (Å²) in [6.07, 6.45) is -1.49. The van der Waals surface area contributed by atoms with Crippen molar-refractivity contribution in [3.8, 4) is 0 Å². The van der Waals surface area contributed by atoms with Crippen molar-refractivity contribution in [2.24, 2.45) is 0 Å². The van der Waals surface area contributed by atoms with Crippen molar-refractivity contribution < 1.29 is 38.4 Å². The number of hydrogen-bond donors (Lipinski definition) is 2. The molecule has 0 radical (unpaired) electrons. The molecule has 2 N–H and O–H groups in total. The molecule has 2 heterocycles. The summed E-state index contributed by atoms with van der Waals surface area (Å²) in [5.74, 6) is -2.04. The number of carbonyl (C=O) groups excluding carboxylic acids is 6. The van der Waals surface area contributed by atoms with Crippen LogP contribution in [0, 0.1) is 0 Å². The van der Waals surface area contributed by atoms with Gasteiger partial charge in [-0.3, -0.25) is 29.8 Å². The summed E-state index contributed by atoms with van der Waals surface area (Å²) in [5.41, 5.74) is 1.07. The molecule has 8 rings (SSSR count). The Labute approximate surface area is 339 Å². The first-order valence-electron chi connectivity index (χ1n) is 19.8. The molecule has 2 aliphatic rings. The van der Waals surface area contributed by atoms with Gasteiger partial charge in [-0.2, -0.15) is 0 Å². The fourth-order valence-electron chi connectivity index (χ4n) is 5.85. The van der Waals surface area contributed by atoms with Gasteiger partial charge >= 0.3 is 12.2 Å². The number of rotatable bonds is 4. The summed E-state index contributed by atoms with van der Waals surface area (Å²) in [7, 11) is 0. The molecule has 2 fully saturated rings. The first kappa shape index (κ1) is 45.6. The molecule has 0 saturated carbocycles. The van der Waals surface area contributed by atoms with Gasteiger partial charge in [0, 0.05) is 36.8 Å². The molecule has 304 valence electrons. The number of nitrogens with one attached hydrogen (secondary N) is 2. The van der Waals surface area contributed by atoms with E-state index in [2.05, 4.69) is 16.7 Å². The number of hydrogen-bond acceptors (Lipinski definition) is 8. The van der Waals surface area contributed by atoms with Gasteiger partial charge in [0.1, 0.15) is 0 Å². The third-order valence-corrected chi connectivity index (χ3v) is 8.29. The lowest BCUT2D eigenvalue weighted by Gasteiger charge is -2.14. The number of carbonyl (C=O) groups is 6. The highest BCUT2D eigenvalue weighted by atomic mass is 16.7. The molecule has 0 atom stereocenters. The molecular formula is C46H52N4O8. The van der Waals surface area contributed by atoms with E-state index in [-0.39, 0.29) is 25.7 Å². The van der Waals surface area contributed by atoms with Gasteiger partial charge in [0.15, 0.2) is 0 Å². The number of nitrogens with zero attached hydrogens (tertiary/aromatic N) is 2. The van der Waals surface area contributed by atoms with Crippen molar-refractivity contribution in [3.05, 3.63) is 109 Å². The van der Waals surface area contributed by atoms with Crippen LogP contribution in [0.5, 0.6) is 0 Å². The molecule has 0 spiro atoms. The van der Waals surface area contributed by atoms with Crippen molar-refractivity contribution in [3.63, 3.8) is 0 Å². The summed E-state index contributed by atoms with van der Waals surface area (Å²) in [6, 6.07) is 35.0. The highest BCUT2D eigenvalue weighted by Gasteiger charge is 2.34. The second-order valence-corrected chi connectivity index (χ2v) is 11.7. The molecular weight excluding hydrogens is 737 g/mol. The third kappa shape index (κ3) is 11.4. The molecule has 0 aromatic heterocycles. The smallest absolute Gasteiger partial charge is 0.311 e. The van der Waals surface area contributed by atoms with Crippen LogP contribution in [-0.4, -0.2) is 45.9 Å². The van der Waals surface area contributed by atoms with Crippen molar-refractivity contribution >= 4 is 90.3 Å². The van der Waals surface area contributed by atoms with E-state index in [9.17, 15) is 28.8 Å². The largest absolute Gasteiger partial charge is 0.436 e. The topological polar surface area (TPSA) is 151 Å². The van der Waals surface area contributed by atoms with Gasteiger partial charge in [-0.25, -0.2) is 9.59 Å². The van der Waals surface area contributed by atoms with Crippen LogP contribution in [0.15, 0.2) is 109 Å². The van der Waals surface area contributed by atoms with Crippen LogP contribution in [0.2, 0.25) is 0 Å². The average Bonchev–Trinajstić information content (AvgIpc) is 3.75. The van der Waals surface area contributed by atoms with Gasteiger partial charge in [0.05, 0.1) is 5.69 Å². The molecule has 0 aliphatic carbocycles. The molecule has 6 aromatic carbocycles. The van der Waals surface area contributed by atoms with Crippen LogP contribution in [-0.2, 0) is 28.9 Å². The lowest BCUT2D eigenvalue weighted by atomic mass is 10.0. The van der Waals surface area contributed by atoms with E-state index in [1.165, 1.54) is 0 Å². The maximum atomic E-state index is 12.1. The Morgan fingerprint density at radius 3 is 1.29 bits per heavy atom. The molecule has 0 bridgehead atoms. The van der Waals surface area contributed by atoms with Gasteiger partial charge < -0.3 is 9.68 Å². The summed E-state index contributed by atoms with van der Waals surface area (Å²) >= 11 is 0. The van der Waals surface area contributed by atoms with Crippen molar-refractivity contribution in [1.82, 2.24) is 10.1 Å². The molecule has 0 unspecified atom stereocenters. The maximum absolute atomic E-state index is 12.1. The maximum Gasteiger partial charge on any atom is 0.436 e. The number of anilines is 2. The molecule has 6 aromatic rings. The summed E-state index contributed by atoms with van der Waals surface area (Å²) in [5, 5.41) is 14.4. The van der Waals surface area contributed by atoms with Crippen molar-refractivity contribution in [2.45, 2.75) is 81.1 Å². The molecule has 2 saturated heterocycles. The van der Waals surface area contributed by atoms with E-state index < -0.39 is 35.8 Å². The first-order valence-corrected chi connectivity index (χ1v) is 19.8. The average molecular weight is 789 g/mol. The second kappa shape index (κ2) is 22.7. The summed E-state index contributed by atoms with van der Waals surface area (Å²) in [4.78, 5) is 79.7. The zero-order chi connectivity index (χ0) is 42.8. The number of amides is 6. The Morgan fingerprint density at radius 2 is 0.810 bits per heavy atom. The highest BCUT2D eigenvalue weighted by molar-refractivity contribution is 6.08. The minimum absolute atomic E-state index is 0.0619. The van der Waals surface area contributed by atoms with Crippen LogP contribution in [0.1, 0.15) is 81.1 Å². The standard InChI is InChI=1S/2C19H14N2O4.4C2H6/c22-17-8-9-18(23)21(17)25-19(24)20-16-7-3-6-14-10-12-4-1-2-5-13(12)11-15(14)16;22-17-7-8-18(23)21(17)25-19(24)20-16-6-5-14-9-12-3-1-2-4-13(12)10-15(14)11-16;4*1-2/h1-7,10-11H,8-9H2,(H,20,24);1-6,9-11H,7-8H2,(H,20,24);4*1-2H3. The highest BCUT2D eigenvalue weighted by Crippen LogP contribution is 2.29. The third-order valence-electron chi connectivity index (χ3n) is 8.29. The Bertz CT molecular complexity index is 2340. The Hall–Kier alpha value is -6.82. The van der Waals surface area contributed by atoms with E-state index in [1.807, 2.05) is 146 Å². The van der Waals surface area contributed by atoms with Crippen LogP contribution in [0.25, 0.3) is 43.1 Å².